The zero-order valence-corrected chi connectivity index (χ0v) is 20.0. The molecule has 2 rings (SSSR count). The van der Waals surface area contributed by atoms with Crippen LogP contribution in [0.5, 0.6) is 5.75 Å². The second-order valence-electron chi connectivity index (χ2n) is 8.38. The van der Waals surface area contributed by atoms with Gasteiger partial charge < -0.3 is 42.0 Å². The molecule has 0 spiro atoms. The molecule has 14 nitrogen and oxygen atoms in total. The van der Waals surface area contributed by atoms with Crippen LogP contribution in [0.25, 0.3) is 0 Å². The van der Waals surface area contributed by atoms with Crippen LogP contribution < -0.4 is 21.7 Å². The van der Waals surface area contributed by atoms with E-state index in [2.05, 4.69) is 25.9 Å². The number of hydrogen-bond donors (Lipinski definition) is 8. The number of nitrogens with two attached hydrogens (primary N) is 1. The molecule has 1 aromatic carbocycles. The summed E-state index contributed by atoms with van der Waals surface area (Å²) in [6, 6.07) is 1.01. The highest BCUT2D eigenvalue weighted by Crippen LogP contribution is 2.12. The van der Waals surface area contributed by atoms with Crippen LogP contribution in [0, 0.1) is 0 Å². The quantitative estimate of drug-likeness (QED) is 0.146. The minimum atomic E-state index is -1.32. The molecule has 37 heavy (non-hydrogen) atoms. The van der Waals surface area contributed by atoms with Gasteiger partial charge in [-0.15, -0.1) is 0 Å². The van der Waals surface area contributed by atoms with Crippen molar-refractivity contribution in [2.45, 2.75) is 56.8 Å². The van der Waals surface area contributed by atoms with Gasteiger partial charge in [0.1, 0.15) is 23.9 Å². The Morgan fingerprint density at radius 2 is 1.59 bits per heavy atom. The standard InChI is InChI=1S/C23H30N6O8/c1-12(27-21(34)16(24)6-7-19(31)32)20(33)28-17(8-13-2-4-15(30)5-3-13)22(35)29-18(23(36)37)9-14-10-25-11-26-14/h2-5,10-12,16-18,30H,6-9,24H2,1H3,(H,25,26)(H,27,34)(H,28,33)(H,29,35)(H,31,32)(H,36,37). The van der Waals surface area contributed by atoms with E-state index in [1.807, 2.05) is 0 Å². The van der Waals surface area contributed by atoms with E-state index in [9.17, 15) is 34.2 Å². The van der Waals surface area contributed by atoms with Crippen molar-refractivity contribution in [3.8, 4) is 5.75 Å². The fraction of sp³-hybridized carbons (Fsp3) is 0.391. The monoisotopic (exact) mass is 518 g/mol. The summed E-state index contributed by atoms with van der Waals surface area (Å²) in [7, 11) is 0. The minimum Gasteiger partial charge on any atom is -0.508 e. The van der Waals surface area contributed by atoms with Crippen molar-refractivity contribution in [2.75, 3.05) is 0 Å². The molecule has 1 aromatic heterocycles. The maximum atomic E-state index is 13.1. The number of hydrogen-bond acceptors (Lipinski definition) is 8. The van der Waals surface area contributed by atoms with Crippen molar-refractivity contribution in [1.82, 2.24) is 25.9 Å². The molecule has 2 aromatic rings. The number of amides is 3. The first kappa shape index (κ1) is 28.8. The first-order valence-electron chi connectivity index (χ1n) is 11.3. The molecule has 0 aliphatic heterocycles. The Bertz CT molecular complexity index is 1090. The summed E-state index contributed by atoms with van der Waals surface area (Å²) in [6.07, 6.45) is 2.20. The topological polar surface area (TPSA) is 237 Å². The van der Waals surface area contributed by atoms with Gasteiger partial charge >= 0.3 is 11.9 Å². The predicted molar refractivity (Wildman–Crippen MR) is 128 cm³/mol. The third-order valence-electron chi connectivity index (χ3n) is 5.36. The Morgan fingerprint density at radius 3 is 2.16 bits per heavy atom. The number of carboxylic acids is 2. The van der Waals surface area contributed by atoms with E-state index in [0.29, 0.717) is 11.3 Å². The zero-order valence-electron chi connectivity index (χ0n) is 20.0. The molecule has 0 bridgehead atoms. The number of carbonyl (C=O) groups is 5. The number of aliphatic carboxylic acids is 2. The molecule has 3 amide bonds. The van der Waals surface area contributed by atoms with E-state index >= 15 is 0 Å². The molecular formula is C23H30N6O8. The number of nitrogens with zero attached hydrogens (tertiary/aromatic N) is 1. The van der Waals surface area contributed by atoms with Gasteiger partial charge in [0, 0.05) is 31.2 Å². The zero-order chi connectivity index (χ0) is 27.5. The minimum absolute atomic E-state index is 0.00476. The lowest BCUT2D eigenvalue weighted by molar-refractivity contribution is -0.142. The van der Waals surface area contributed by atoms with Gasteiger partial charge in [0.25, 0.3) is 0 Å². The molecular weight excluding hydrogens is 488 g/mol. The van der Waals surface area contributed by atoms with Crippen molar-refractivity contribution in [3.05, 3.63) is 48.0 Å². The molecule has 0 aliphatic carbocycles. The summed E-state index contributed by atoms with van der Waals surface area (Å²) < 4.78 is 0. The van der Waals surface area contributed by atoms with Gasteiger partial charge in [-0.25, -0.2) is 9.78 Å². The number of carbonyl (C=O) groups excluding carboxylic acids is 3. The molecule has 9 N–H and O–H groups in total. The van der Waals surface area contributed by atoms with E-state index in [1.54, 1.807) is 0 Å². The number of H-pyrrole nitrogens is 1. The third-order valence-corrected chi connectivity index (χ3v) is 5.36. The Labute approximate surface area is 211 Å². The smallest absolute Gasteiger partial charge is 0.326 e. The van der Waals surface area contributed by atoms with Crippen molar-refractivity contribution < 1.29 is 39.3 Å². The van der Waals surface area contributed by atoms with Crippen molar-refractivity contribution in [2.24, 2.45) is 5.73 Å². The highest BCUT2D eigenvalue weighted by molar-refractivity contribution is 5.94. The molecule has 200 valence electrons. The van der Waals surface area contributed by atoms with Crippen LogP contribution in [0.15, 0.2) is 36.8 Å². The average molecular weight is 519 g/mol. The van der Waals surface area contributed by atoms with E-state index in [0.717, 1.165) is 0 Å². The van der Waals surface area contributed by atoms with Gasteiger partial charge in [-0.05, 0) is 31.0 Å². The molecule has 0 saturated heterocycles. The lowest BCUT2D eigenvalue weighted by atomic mass is 10.0. The maximum absolute atomic E-state index is 13.1. The van der Waals surface area contributed by atoms with Gasteiger partial charge in [-0.3, -0.25) is 19.2 Å². The fourth-order valence-corrected chi connectivity index (χ4v) is 3.26. The molecule has 0 saturated carbocycles. The first-order valence-corrected chi connectivity index (χ1v) is 11.3. The second-order valence-corrected chi connectivity index (χ2v) is 8.38. The van der Waals surface area contributed by atoms with Crippen LogP contribution in [-0.2, 0) is 36.8 Å². The predicted octanol–water partition coefficient (Wildman–Crippen LogP) is -1.35. The fourth-order valence-electron chi connectivity index (χ4n) is 3.26. The van der Waals surface area contributed by atoms with Gasteiger partial charge in [0.05, 0.1) is 12.4 Å². The molecule has 1 heterocycles. The van der Waals surface area contributed by atoms with Crippen LogP contribution >= 0.6 is 0 Å². The SMILES string of the molecule is CC(NC(=O)C(N)CCC(=O)O)C(=O)NC(Cc1ccc(O)cc1)C(=O)NC(Cc1cnc[nH]1)C(=O)O. The summed E-state index contributed by atoms with van der Waals surface area (Å²) >= 11 is 0. The summed E-state index contributed by atoms with van der Waals surface area (Å²) in [5, 5.41) is 35.1. The van der Waals surface area contributed by atoms with E-state index < -0.39 is 53.8 Å². The molecule has 0 aliphatic rings. The highest BCUT2D eigenvalue weighted by Gasteiger charge is 2.29. The number of nitrogens with one attached hydrogen (secondary N) is 4. The normalized spacial score (nSPS) is 14.0. The third kappa shape index (κ3) is 9.60. The Hall–Kier alpha value is -4.46. The largest absolute Gasteiger partial charge is 0.508 e. The van der Waals surface area contributed by atoms with Gasteiger partial charge in [0.2, 0.25) is 17.7 Å². The van der Waals surface area contributed by atoms with E-state index in [1.165, 1.54) is 43.7 Å². The first-order chi connectivity index (χ1) is 17.5. The molecule has 0 fully saturated rings. The number of carboxylic acid groups (broad SMARTS) is 2. The van der Waals surface area contributed by atoms with Crippen LogP contribution in [0.3, 0.4) is 0 Å². The summed E-state index contributed by atoms with van der Waals surface area (Å²) in [5.41, 5.74) is 6.70. The summed E-state index contributed by atoms with van der Waals surface area (Å²) in [4.78, 5) is 67.0. The van der Waals surface area contributed by atoms with Crippen LogP contribution in [-0.4, -0.2) is 79.1 Å². The number of benzene rings is 1. The second kappa shape index (κ2) is 13.6. The number of phenols is 1. The Morgan fingerprint density at radius 1 is 0.946 bits per heavy atom. The lowest BCUT2D eigenvalue weighted by Crippen LogP contribution is -2.57. The molecule has 4 atom stereocenters. The Balaban J connectivity index is 2.12. The van der Waals surface area contributed by atoms with Crippen LogP contribution in [0.1, 0.15) is 31.0 Å². The van der Waals surface area contributed by atoms with E-state index in [4.69, 9.17) is 10.8 Å². The number of imidazole rings is 1. The average Bonchev–Trinajstić information content (AvgIpc) is 3.35. The van der Waals surface area contributed by atoms with Crippen molar-refractivity contribution in [1.29, 1.82) is 0 Å². The number of aromatic nitrogens is 2. The number of rotatable bonds is 14. The van der Waals surface area contributed by atoms with Crippen LogP contribution in [0.2, 0.25) is 0 Å². The number of aromatic hydroxyl groups is 1. The maximum Gasteiger partial charge on any atom is 0.326 e. The van der Waals surface area contributed by atoms with Gasteiger partial charge in [-0.2, -0.15) is 0 Å². The Kier molecular flexibility index (Phi) is 10.6. The molecule has 0 radical (unpaired) electrons. The summed E-state index contributed by atoms with van der Waals surface area (Å²) in [6.45, 7) is 1.35. The van der Waals surface area contributed by atoms with Gasteiger partial charge in [-0.1, -0.05) is 12.1 Å². The van der Waals surface area contributed by atoms with E-state index in [-0.39, 0.29) is 31.4 Å². The lowest BCUT2D eigenvalue weighted by Gasteiger charge is -2.24. The number of aromatic amines is 1. The molecule has 14 heteroatoms. The van der Waals surface area contributed by atoms with Crippen molar-refractivity contribution in [3.63, 3.8) is 0 Å². The molecule has 4 unspecified atom stereocenters. The summed E-state index contributed by atoms with van der Waals surface area (Å²) in [5.74, 6) is -4.70. The van der Waals surface area contributed by atoms with Gasteiger partial charge in [0.15, 0.2) is 0 Å². The highest BCUT2D eigenvalue weighted by atomic mass is 16.4. The van der Waals surface area contributed by atoms with Crippen molar-refractivity contribution >= 4 is 29.7 Å². The number of phenolic OH excluding ortho intramolecular Hbond substituents is 1. The van der Waals surface area contributed by atoms with Crippen LogP contribution in [0.4, 0.5) is 0 Å².